The maximum atomic E-state index is 14.6. The van der Waals surface area contributed by atoms with Gasteiger partial charge in [0.25, 0.3) is 0 Å². The Bertz CT molecular complexity index is 3170. The molecule has 14 heteroatoms. The molecule has 2 spiro atoms. The number of hydrogen-bond acceptors (Lipinski definition) is 8. The zero-order valence-electron chi connectivity index (χ0n) is 47.9. The highest BCUT2D eigenvalue weighted by atomic mass is 16.5. The number of carbonyl (C=O) groups is 4. The number of ether oxygens (including phenoxy) is 2. The zero-order valence-corrected chi connectivity index (χ0v) is 47.9. The Morgan fingerprint density at radius 1 is 0.575 bits per heavy atom. The summed E-state index contributed by atoms with van der Waals surface area (Å²) in [4.78, 5) is 76.4. The monoisotopic (exact) mass is 1080 g/mol. The molecule has 0 unspecified atom stereocenters. The molecule has 6 aliphatic carbocycles. The van der Waals surface area contributed by atoms with E-state index in [0.717, 1.165) is 131 Å². The van der Waals surface area contributed by atoms with Crippen molar-refractivity contribution in [2.45, 2.75) is 192 Å². The Balaban J connectivity index is 0.821. The molecule has 6 fully saturated rings. The topological polar surface area (TPSA) is 175 Å². The second kappa shape index (κ2) is 21.6. The Kier molecular flexibility index (Phi) is 14.4. The number of aromatic nitrogens is 4. The van der Waals surface area contributed by atoms with Gasteiger partial charge in [0.1, 0.15) is 23.7 Å². The minimum absolute atomic E-state index is 0.0250. The molecule has 13 rings (SSSR count). The molecule has 3 aromatic carbocycles. The van der Waals surface area contributed by atoms with Gasteiger partial charge in [-0.05, 0) is 181 Å². The van der Waals surface area contributed by atoms with Crippen molar-refractivity contribution in [1.82, 2.24) is 40.4 Å². The first-order chi connectivity index (χ1) is 38.9. The zero-order chi connectivity index (χ0) is 54.9. The molecule has 8 aliphatic rings. The number of amides is 4. The average molecular weight is 1090 g/mol. The van der Waals surface area contributed by atoms with E-state index in [1.807, 2.05) is 16.0 Å². The lowest BCUT2D eigenvalue weighted by atomic mass is 9.82. The number of imidazole rings is 2. The number of hydrogen-bond donors (Lipinski definition) is 4. The van der Waals surface area contributed by atoms with E-state index in [0.29, 0.717) is 24.9 Å². The highest BCUT2D eigenvalue weighted by Crippen LogP contribution is 2.57. The van der Waals surface area contributed by atoms with Crippen LogP contribution in [-0.2, 0) is 44.7 Å². The number of aromatic amines is 2. The van der Waals surface area contributed by atoms with Crippen molar-refractivity contribution < 1.29 is 28.7 Å². The van der Waals surface area contributed by atoms with Crippen molar-refractivity contribution in [1.29, 1.82) is 0 Å². The Morgan fingerprint density at radius 2 is 1.04 bits per heavy atom. The van der Waals surface area contributed by atoms with Crippen molar-refractivity contribution in [2.24, 2.45) is 34.5 Å². The van der Waals surface area contributed by atoms with Crippen LogP contribution in [-0.4, -0.2) is 93.1 Å². The van der Waals surface area contributed by atoms with E-state index in [9.17, 15) is 19.2 Å². The fraction of sp³-hybridized carbons (Fsp3) is 0.606. The lowest BCUT2D eigenvalue weighted by molar-refractivity contribution is -0.137. The highest BCUT2D eigenvalue weighted by molar-refractivity contribution is 5.89. The van der Waals surface area contributed by atoms with Gasteiger partial charge in [0.2, 0.25) is 11.8 Å². The van der Waals surface area contributed by atoms with Gasteiger partial charge < -0.3 is 39.9 Å². The fourth-order valence-corrected chi connectivity index (χ4v) is 17.3. The summed E-state index contributed by atoms with van der Waals surface area (Å²) in [5.41, 5.74) is 16.0. The van der Waals surface area contributed by atoms with E-state index < -0.39 is 24.3 Å². The van der Waals surface area contributed by atoms with Gasteiger partial charge in [0.05, 0.1) is 49.2 Å². The minimum atomic E-state index is -0.617. The summed E-state index contributed by atoms with van der Waals surface area (Å²) in [5, 5.41) is 5.93. The number of carbonyl (C=O) groups excluding carboxylic acids is 4. The molecule has 4 saturated carbocycles. The standard InChI is InChI=1S/C66H84N8O6/c1-39-29-55(73(37-39)61(75)57(71-63(77)79-3)41-15-7-5-8-16-41)59-67-36-54(70-59)47-23-22-46(50-34-66(35-51(47)50)27-13-14-28-66)45-21-20-44(48-32-65(33-49(45)48)25-11-12-26-65)43-19-24-52-53(31-43)69-60(68-52)56-30-40(2)38-74(56)62(76)58(72-64(78)80-4)42-17-9-6-10-18-42/h19-24,31,36,39-42,55-58H,5-18,25-30,32-35,37-38H2,1-4H3,(H,67,70)(H,68,69)(H,71,77)(H,72,78)/t39-,40-,55-,56-,57-,58-/m0/s1. The minimum Gasteiger partial charge on any atom is -0.453 e. The number of rotatable bonds is 11. The van der Waals surface area contributed by atoms with Crippen molar-refractivity contribution in [2.75, 3.05) is 27.3 Å². The lowest BCUT2D eigenvalue weighted by Gasteiger charge is -2.34. The summed E-state index contributed by atoms with van der Waals surface area (Å²) in [6.45, 7) is 5.67. The number of likely N-dealkylation sites (tertiary alicyclic amines) is 2. The molecule has 0 radical (unpaired) electrons. The molecule has 6 atom stereocenters. The smallest absolute Gasteiger partial charge is 0.407 e. The summed E-state index contributed by atoms with van der Waals surface area (Å²) in [5.74, 6) is 2.34. The van der Waals surface area contributed by atoms with Gasteiger partial charge >= 0.3 is 12.2 Å². The third-order valence-corrected chi connectivity index (χ3v) is 21.3. The Morgan fingerprint density at radius 3 is 1.55 bits per heavy atom. The molecule has 4 amide bonds. The molecule has 80 heavy (non-hydrogen) atoms. The van der Waals surface area contributed by atoms with Crippen molar-refractivity contribution in [3.8, 4) is 33.5 Å². The van der Waals surface area contributed by atoms with E-state index in [4.69, 9.17) is 19.4 Å². The van der Waals surface area contributed by atoms with E-state index in [1.165, 1.54) is 116 Å². The van der Waals surface area contributed by atoms with Crippen molar-refractivity contribution >= 4 is 35.0 Å². The number of benzene rings is 3. The molecule has 4 N–H and O–H groups in total. The second-order valence-electron chi connectivity index (χ2n) is 26.6. The average Bonchev–Trinajstić information content (AvgIpc) is 4.52. The van der Waals surface area contributed by atoms with Gasteiger partial charge in [0, 0.05) is 18.7 Å². The van der Waals surface area contributed by atoms with Crippen LogP contribution in [0.15, 0.2) is 48.7 Å². The largest absolute Gasteiger partial charge is 0.453 e. The fourth-order valence-electron chi connectivity index (χ4n) is 17.3. The number of H-pyrrole nitrogens is 2. The molecule has 5 aromatic rings. The quantitative estimate of drug-likeness (QED) is 0.101. The maximum Gasteiger partial charge on any atom is 0.407 e. The number of nitrogens with one attached hydrogen (secondary N) is 4. The molecule has 4 heterocycles. The first kappa shape index (κ1) is 53.1. The van der Waals surface area contributed by atoms with Crippen LogP contribution in [0.2, 0.25) is 0 Å². The molecule has 2 saturated heterocycles. The van der Waals surface area contributed by atoms with E-state index in [-0.39, 0.29) is 46.6 Å². The highest BCUT2D eigenvalue weighted by Gasteiger charge is 2.47. The Hall–Kier alpha value is -6.18. The Labute approximate surface area is 472 Å². The van der Waals surface area contributed by atoms with Crippen LogP contribution >= 0.6 is 0 Å². The molecule has 0 bridgehead atoms. The van der Waals surface area contributed by atoms with Crippen LogP contribution in [0, 0.1) is 34.5 Å². The van der Waals surface area contributed by atoms with Crippen LogP contribution in [0.5, 0.6) is 0 Å². The number of methoxy groups -OCH3 is 2. The molecule has 2 aliphatic heterocycles. The third kappa shape index (κ3) is 9.79. The SMILES string of the molecule is COC(=O)N[C@H](C(=O)N1C[C@@H](C)C[C@H]1c1ncc(-c2ccc(-c3ccc(-c4ccc5nc([C@@H]6C[C@H](C)CN6C(=O)[C@@H](NC(=O)OC)C6CCCCC6)[nH]c5c4)c4c3CC3(CCCC3)C4)c3c2CC2(CCCC2)C3)[nH]1)C1CCCCC1. The lowest BCUT2D eigenvalue weighted by Crippen LogP contribution is -2.52. The van der Waals surface area contributed by atoms with Crippen LogP contribution < -0.4 is 10.6 Å². The first-order valence-electron chi connectivity index (χ1n) is 31.0. The normalized spacial score (nSPS) is 25.1. The third-order valence-electron chi connectivity index (χ3n) is 21.3. The van der Waals surface area contributed by atoms with Gasteiger partial charge in [-0.15, -0.1) is 0 Å². The molecular formula is C66H84N8O6. The maximum absolute atomic E-state index is 14.6. The van der Waals surface area contributed by atoms with E-state index in [2.05, 4.69) is 76.9 Å². The number of nitrogens with zero attached hydrogens (tertiary/aromatic N) is 4. The summed E-state index contributed by atoms with van der Waals surface area (Å²) in [6, 6.07) is 14.7. The van der Waals surface area contributed by atoms with Crippen molar-refractivity contribution in [3.05, 3.63) is 82.6 Å². The van der Waals surface area contributed by atoms with Crippen LogP contribution in [0.3, 0.4) is 0 Å². The summed E-state index contributed by atoms with van der Waals surface area (Å²) in [7, 11) is 2.73. The summed E-state index contributed by atoms with van der Waals surface area (Å²) in [6.07, 6.45) is 27.4. The van der Waals surface area contributed by atoms with Crippen LogP contribution in [0.1, 0.15) is 188 Å². The first-order valence-corrected chi connectivity index (χ1v) is 31.0. The molecule has 424 valence electrons. The van der Waals surface area contributed by atoms with Gasteiger partial charge in [-0.1, -0.05) is 108 Å². The second-order valence-corrected chi connectivity index (χ2v) is 26.6. The predicted molar refractivity (Wildman–Crippen MR) is 309 cm³/mol. The van der Waals surface area contributed by atoms with Gasteiger partial charge in [0.15, 0.2) is 0 Å². The van der Waals surface area contributed by atoms with Gasteiger partial charge in [-0.2, -0.15) is 0 Å². The van der Waals surface area contributed by atoms with Crippen LogP contribution in [0.4, 0.5) is 9.59 Å². The summed E-state index contributed by atoms with van der Waals surface area (Å²) < 4.78 is 10.1. The van der Waals surface area contributed by atoms with Gasteiger partial charge in [-0.25, -0.2) is 19.6 Å². The molecular weight excluding hydrogens is 1000 g/mol. The summed E-state index contributed by atoms with van der Waals surface area (Å²) >= 11 is 0. The van der Waals surface area contributed by atoms with E-state index >= 15 is 0 Å². The number of alkyl carbamates (subject to hydrolysis) is 2. The van der Waals surface area contributed by atoms with E-state index in [1.54, 1.807) is 0 Å². The molecule has 14 nitrogen and oxygen atoms in total. The van der Waals surface area contributed by atoms with Crippen LogP contribution in [0.25, 0.3) is 44.5 Å². The predicted octanol–water partition coefficient (Wildman–Crippen LogP) is 13.0. The van der Waals surface area contributed by atoms with Crippen molar-refractivity contribution in [3.63, 3.8) is 0 Å². The number of fused-ring (bicyclic) bond motifs is 3. The molecule has 2 aromatic heterocycles. The van der Waals surface area contributed by atoms with Gasteiger partial charge in [-0.3, -0.25) is 9.59 Å².